The number of carboxylic acid groups (broad SMARTS) is 1. The highest BCUT2D eigenvalue weighted by Crippen LogP contribution is 2.36. The number of halogens is 1. The number of benzene rings is 1. The summed E-state index contributed by atoms with van der Waals surface area (Å²) >= 11 is 11.1. The molecule has 1 amide bonds. The van der Waals surface area contributed by atoms with E-state index in [9.17, 15) is 19.8 Å². The van der Waals surface area contributed by atoms with Gasteiger partial charge in [0.1, 0.15) is 4.88 Å². The summed E-state index contributed by atoms with van der Waals surface area (Å²) < 4.78 is 2.07. The molecule has 1 atom stereocenters. The molecule has 1 N–H and O–H groups in total. The molecule has 2 aromatic rings. The fraction of sp³-hybridized carbons (Fsp3) is 0.250. The smallest absolute Gasteiger partial charge is 0.279 e. The maximum Gasteiger partial charge on any atom is 0.279 e. The summed E-state index contributed by atoms with van der Waals surface area (Å²) in [5.41, 5.74) is 0.218. The highest BCUT2D eigenvalue weighted by Gasteiger charge is 2.28. The lowest BCUT2D eigenvalue weighted by Crippen LogP contribution is -2.33. The van der Waals surface area contributed by atoms with E-state index in [1.165, 1.54) is 11.8 Å². The van der Waals surface area contributed by atoms with Crippen LogP contribution in [0.2, 0.25) is 0 Å². The Hall–Kier alpha value is -1.49. The summed E-state index contributed by atoms with van der Waals surface area (Å²) in [6, 6.07) is 4.09. The molecule has 6 nitrogen and oxygen atoms in total. The van der Waals surface area contributed by atoms with Gasteiger partial charge in [0.15, 0.2) is 3.95 Å². The Labute approximate surface area is 170 Å². The van der Waals surface area contributed by atoms with E-state index < -0.39 is 17.9 Å². The minimum atomic E-state index is -1.33. The Balaban J connectivity index is 2.22. The van der Waals surface area contributed by atoms with Gasteiger partial charge in [-0.15, -0.1) is 11.3 Å². The van der Waals surface area contributed by atoms with Gasteiger partial charge in [-0.25, -0.2) is 4.99 Å². The van der Waals surface area contributed by atoms with Crippen molar-refractivity contribution in [3.8, 4) is 5.88 Å². The number of carboxylic acids is 1. The highest BCUT2D eigenvalue weighted by molar-refractivity contribution is 9.10. The zero-order valence-electron chi connectivity index (χ0n) is 13.4. The molecule has 136 valence electrons. The van der Waals surface area contributed by atoms with Crippen LogP contribution in [0.25, 0.3) is 5.57 Å². The van der Waals surface area contributed by atoms with Gasteiger partial charge >= 0.3 is 0 Å². The van der Waals surface area contributed by atoms with Gasteiger partial charge in [-0.2, -0.15) is 11.8 Å². The number of amides is 1. The zero-order chi connectivity index (χ0) is 19.0. The lowest BCUT2D eigenvalue weighted by molar-refractivity contribution is -0.310. The van der Waals surface area contributed by atoms with Gasteiger partial charge in [0.2, 0.25) is 5.88 Å². The summed E-state index contributed by atoms with van der Waals surface area (Å²) in [5, 5.41) is 23.3. The summed E-state index contributed by atoms with van der Waals surface area (Å²) in [4.78, 5) is 28.2. The van der Waals surface area contributed by atoms with Crippen molar-refractivity contribution >= 4 is 68.7 Å². The Bertz CT molecular complexity index is 1090. The molecular formula is C16H12BrN2O4S3-. The third-order valence-electron chi connectivity index (χ3n) is 3.89. The van der Waals surface area contributed by atoms with E-state index in [0.29, 0.717) is 16.3 Å². The van der Waals surface area contributed by atoms with Crippen molar-refractivity contribution in [1.29, 1.82) is 0 Å². The second-order valence-electron chi connectivity index (χ2n) is 5.46. The van der Waals surface area contributed by atoms with E-state index in [1.54, 1.807) is 18.2 Å². The van der Waals surface area contributed by atoms with Crippen molar-refractivity contribution in [3.05, 3.63) is 42.1 Å². The first-order valence-electron chi connectivity index (χ1n) is 7.42. The van der Waals surface area contributed by atoms with E-state index in [0.717, 1.165) is 20.4 Å². The van der Waals surface area contributed by atoms with Crippen molar-refractivity contribution < 1.29 is 19.8 Å². The lowest BCUT2D eigenvalue weighted by atomic mass is 10.1. The summed E-state index contributed by atoms with van der Waals surface area (Å²) in [5.74, 6) is -1.61. The molecule has 0 bridgehead atoms. The number of aliphatic carboxylic acids is 1. The molecule has 1 aromatic heterocycles. The number of carbonyl (C=O) groups is 2. The van der Waals surface area contributed by atoms with E-state index >= 15 is 0 Å². The minimum Gasteiger partial charge on any atom is -0.548 e. The molecule has 0 fully saturated rings. The average molecular weight is 472 g/mol. The van der Waals surface area contributed by atoms with Crippen LogP contribution >= 0.6 is 51.2 Å². The fourth-order valence-corrected chi connectivity index (χ4v) is 4.96. The number of thiazole rings is 1. The van der Waals surface area contributed by atoms with Crippen LogP contribution in [0.4, 0.5) is 0 Å². The molecule has 1 aliphatic heterocycles. The predicted octanol–water partition coefficient (Wildman–Crippen LogP) is 1.15. The number of aromatic nitrogens is 1. The monoisotopic (exact) mass is 471 g/mol. The van der Waals surface area contributed by atoms with Gasteiger partial charge in [0.05, 0.1) is 22.9 Å². The van der Waals surface area contributed by atoms with Crippen LogP contribution in [0.15, 0.2) is 27.7 Å². The molecule has 1 aliphatic rings. The third-order valence-corrected chi connectivity index (χ3v) is 6.43. The van der Waals surface area contributed by atoms with E-state index in [4.69, 9.17) is 12.2 Å². The van der Waals surface area contributed by atoms with Gasteiger partial charge in [0, 0.05) is 9.69 Å². The van der Waals surface area contributed by atoms with Gasteiger partial charge in [-0.3, -0.25) is 9.36 Å². The molecule has 0 saturated heterocycles. The number of fused-ring (bicyclic) bond motifs is 1. The fourth-order valence-electron chi connectivity index (χ4n) is 2.70. The van der Waals surface area contributed by atoms with Crippen LogP contribution in [-0.2, 0) is 9.59 Å². The normalized spacial score (nSPS) is 14.2. The molecule has 0 saturated carbocycles. The first-order valence-corrected chi connectivity index (χ1v) is 10.8. The zero-order valence-corrected chi connectivity index (χ0v) is 17.4. The van der Waals surface area contributed by atoms with Crippen molar-refractivity contribution in [2.75, 3.05) is 12.0 Å². The summed E-state index contributed by atoms with van der Waals surface area (Å²) in [7, 11) is 0. The van der Waals surface area contributed by atoms with Gasteiger partial charge in [-0.05, 0) is 48.8 Å². The summed E-state index contributed by atoms with van der Waals surface area (Å²) in [6.45, 7) is 0. The molecule has 2 heterocycles. The molecule has 0 aliphatic carbocycles. The van der Waals surface area contributed by atoms with Crippen LogP contribution < -0.4 is 15.7 Å². The Morgan fingerprint density at radius 2 is 2.27 bits per heavy atom. The number of thioether (sulfide) groups is 1. The minimum absolute atomic E-state index is 0.163. The van der Waals surface area contributed by atoms with E-state index in [1.807, 2.05) is 6.26 Å². The molecule has 3 rings (SSSR count). The third kappa shape index (κ3) is 3.38. The number of nitrogens with zero attached hydrogens (tertiary/aromatic N) is 2. The quantitative estimate of drug-likeness (QED) is 0.634. The first-order chi connectivity index (χ1) is 12.3. The summed E-state index contributed by atoms with van der Waals surface area (Å²) in [6.07, 6.45) is 2.10. The Morgan fingerprint density at radius 3 is 2.92 bits per heavy atom. The second kappa shape index (κ2) is 7.63. The molecular weight excluding hydrogens is 460 g/mol. The molecule has 0 radical (unpaired) electrons. The topological polar surface area (TPSA) is 94.7 Å². The molecule has 10 heteroatoms. The van der Waals surface area contributed by atoms with E-state index in [-0.39, 0.29) is 26.7 Å². The predicted molar refractivity (Wildman–Crippen MR) is 104 cm³/mol. The lowest BCUT2D eigenvalue weighted by Gasteiger charge is -2.20. The van der Waals surface area contributed by atoms with Crippen molar-refractivity contribution in [2.45, 2.75) is 12.5 Å². The SMILES string of the molecule is CSCC[C@H](C(=O)[O-])n1c(O)c(C2=c3cc(Br)ccc3=NC2=O)sc1=S. The van der Waals surface area contributed by atoms with Crippen molar-refractivity contribution in [2.24, 2.45) is 4.99 Å². The molecule has 0 spiro atoms. The van der Waals surface area contributed by atoms with Crippen LogP contribution in [0.1, 0.15) is 17.3 Å². The van der Waals surface area contributed by atoms with Crippen LogP contribution in [-0.4, -0.2) is 33.6 Å². The largest absolute Gasteiger partial charge is 0.548 e. The van der Waals surface area contributed by atoms with Crippen LogP contribution in [0.3, 0.4) is 0 Å². The average Bonchev–Trinajstić information content (AvgIpc) is 3.04. The van der Waals surface area contributed by atoms with Gasteiger partial charge in [0.25, 0.3) is 5.91 Å². The number of hydrogen-bond acceptors (Lipinski definition) is 7. The van der Waals surface area contributed by atoms with Crippen LogP contribution in [0, 0.1) is 3.95 Å². The Morgan fingerprint density at radius 1 is 1.54 bits per heavy atom. The van der Waals surface area contributed by atoms with Gasteiger partial charge in [-0.1, -0.05) is 15.9 Å². The number of aromatic hydroxyl groups is 1. The highest BCUT2D eigenvalue weighted by atomic mass is 79.9. The Kier molecular flexibility index (Phi) is 5.66. The number of hydrogen-bond donors (Lipinski definition) is 1. The maximum absolute atomic E-state index is 12.4. The van der Waals surface area contributed by atoms with Gasteiger partial charge < -0.3 is 15.0 Å². The molecule has 0 unspecified atom stereocenters. The van der Waals surface area contributed by atoms with Crippen molar-refractivity contribution in [1.82, 2.24) is 4.57 Å². The first kappa shape index (κ1) is 19.3. The maximum atomic E-state index is 12.4. The van der Waals surface area contributed by atoms with Crippen LogP contribution in [0.5, 0.6) is 5.88 Å². The second-order valence-corrected chi connectivity index (χ2v) is 9.01. The number of carbonyl (C=O) groups excluding carboxylic acids is 2. The number of rotatable bonds is 6. The van der Waals surface area contributed by atoms with E-state index in [2.05, 4.69) is 20.9 Å². The molecule has 26 heavy (non-hydrogen) atoms. The van der Waals surface area contributed by atoms with Crippen molar-refractivity contribution in [3.63, 3.8) is 0 Å². The standard InChI is InChI=1S/C16H13BrN2O4S3/c1-25-5-4-10(15(22)23)19-14(21)12(26-16(19)24)11-8-6-7(17)2-3-9(8)18-13(11)20/h2-3,6,10,21H,4-5H2,1H3,(H,22,23)/p-1/t10-/m1/s1. The molecule has 1 aromatic carbocycles.